The molecule has 2 heterocycles. The molecule has 1 saturated heterocycles. The smallest absolute Gasteiger partial charge is 0.269 e. The summed E-state index contributed by atoms with van der Waals surface area (Å²) in [5.41, 5.74) is 1.80. The number of ether oxygens (including phenoxy) is 1. The van der Waals surface area contributed by atoms with E-state index in [9.17, 15) is 14.0 Å². The molecule has 3 aromatic rings. The van der Waals surface area contributed by atoms with Crippen molar-refractivity contribution < 1.29 is 18.7 Å². The average molecular weight is 453 g/mol. The van der Waals surface area contributed by atoms with Gasteiger partial charge in [-0.05, 0) is 55.5 Å². The molecule has 1 fully saturated rings. The van der Waals surface area contributed by atoms with Crippen LogP contribution < -0.4 is 10.1 Å². The van der Waals surface area contributed by atoms with E-state index in [4.69, 9.17) is 4.74 Å². The highest BCUT2D eigenvalue weighted by Gasteiger charge is 2.22. The molecule has 0 unspecified atom stereocenters. The van der Waals surface area contributed by atoms with Crippen molar-refractivity contribution in [2.45, 2.75) is 26.2 Å². The van der Waals surface area contributed by atoms with E-state index in [1.807, 2.05) is 30.3 Å². The van der Waals surface area contributed by atoms with E-state index in [0.29, 0.717) is 10.6 Å². The van der Waals surface area contributed by atoms with Gasteiger partial charge >= 0.3 is 0 Å². The van der Waals surface area contributed by atoms with E-state index in [0.717, 1.165) is 48.4 Å². The number of amides is 2. The van der Waals surface area contributed by atoms with Crippen LogP contribution in [-0.2, 0) is 4.79 Å². The Labute approximate surface area is 190 Å². The molecule has 0 saturated carbocycles. The van der Waals surface area contributed by atoms with Crippen molar-refractivity contribution in [2.75, 3.05) is 25.0 Å². The maximum Gasteiger partial charge on any atom is 0.269 e. The molecule has 5 nitrogen and oxygen atoms in total. The van der Waals surface area contributed by atoms with Crippen LogP contribution in [0.1, 0.15) is 34.5 Å². The molecule has 166 valence electrons. The summed E-state index contributed by atoms with van der Waals surface area (Å²) in [5.74, 6) is -0.737. The first-order valence-electron chi connectivity index (χ1n) is 10.7. The van der Waals surface area contributed by atoms with Crippen molar-refractivity contribution in [2.24, 2.45) is 0 Å². The molecule has 1 aliphatic rings. The zero-order chi connectivity index (χ0) is 22.5. The minimum Gasteiger partial charge on any atom is -0.482 e. The summed E-state index contributed by atoms with van der Waals surface area (Å²) in [4.78, 5) is 28.5. The van der Waals surface area contributed by atoms with Gasteiger partial charge in [-0.2, -0.15) is 0 Å². The van der Waals surface area contributed by atoms with Gasteiger partial charge < -0.3 is 15.0 Å². The van der Waals surface area contributed by atoms with E-state index in [1.165, 1.54) is 23.5 Å². The van der Waals surface area contributed by atoms with E-state index < -0.39 is 11.7 Å². The van der Waals surface area contributed by atoms with Gasteiger partial charge in [0.15, 0.2) is 6.61 Å². The van der Waals surface area contributed by atoms with Crippen LogP contribution >= 0.6 is 11.3 Å². The van der Waals surface area contributed by atoms with Crippen LogP contribution in [0.3, 0.4) is 0 Å². The molecule has 1 N–H and O–H groups in total. The Morgan fingerprint density at radius 1 is 1.06 bits per heavy atom. The lowest BCUT2D eigenvalue weighted by molar-refractivity contribution is -0.134. The average Bonchev–Trinajstić information content (AvgIpc) is 3.25. The number of halogens is 1. The van der Waals surface area contributed by atoms with Crippen LogP contribution in [0.15, 0.2) is 54.6 Å². The number of hydrogen-bond acceptors (Lipinski definition) is 4. The third kappa shape index (κ3) is 5.16. The summed E-state index contributed by atoms with van der Waals surface area (Å²) in [7, 11) is 0. The van der Waals surface area contributed by atoms with Gasteiger partial charge in [0.05, 0.1) is 5.69 Å². The molecule has 0 radical (unpaired) electrons. The van der Waals surface area contributed by atoms with Gasteiger partial charge in [0, 0.05) is 18.0 Å². The van der Waals surface area contributed by atoms with Gasteiger partial charge in [0.25, 0.3) is 11.8 Å². The number of anilines is 1. The number of aryl methyl sites for hydroxylation is 1. The normalized spacial score (nSPS) is 13.6. The fourth-order valence-electron chi connectivity index (χ4n) is 3.66. The monoisotopic (exact) mass is 452 g/mol. The molecule has 2 amide bonds. The standard InChI is InChI=1S/C25H25FN2O3S/c1-17-10-11-20(19(26)14-17)27-25(30)24-21(15-22(32-24)18-8-4-2-5-9-18)31-16-23(29)28-12-6-3-7-13-28/h2,4-5,8-11,14-15H,3,6-7,12-13,16H2,1H3,(H,27,30). The Bertz CT molecular complexity index is 1110. The van der Waals surface area contributed by atoms with Crippen LogP contribution in [-0.4, -0.2) is 36.4 Å². The first-order chi connectivity index (χ1) is 15.5. The van der Waals surface area contributed by atoms with Crippen LogP contribution in [0.4, 0.5) is 10.1 Å². The maximum absolute atomic E-state index is 14.3. The lowest BCUT2D eigenvalue weighted by atomic mass is 10.1. The first kappa shape index (κ1) is 22.0. The van der Waals surface area contributed by atoms with Gasteiger partial charge in [-0.15, -0.1) is 11.3 Å². The van der Waals surface area contributed by atoms with Crippen molar-refractivity contribution in [1.29, 1.82) is 0 Å². The van der Waals surface area contributed by atoms with E-state index >= 15 is 0 Å². The van der Waals surface area contributed by atoms with Crippen molar-refractivity contribution in [3.63, 3.8) is 0 Å². The molecule has 0 aliphatic carbocycles. The Kier molecular flexibility index (Phi) is 6.85. The molecular weight excluding hydrogens is 427 g/mol. The van der Waals surface area contributed by atoms with E-state index in [1.54, 1.807) is 24.0 Å². The summed E-state index contributed by atoms with van der Waals surface area (Å²) < 4.78 is 20.1. The molecule has 4 rings (SSSR count). The molecule has 0 bridgehead atoms. The Morgan fingerprint density at radius 2 is 1.81 bits per heavy atom. The number of nitrogens with zero attached hydrogens (tertiary/aromatic N) is 1. The van der Waals surface area contributed by atoms with Crippen LogP contribution in [0.25, 0.3) is 10.4 Å². The highest BCUT2D eigenvalue weighted by Crippen LogP contribution is 2.37. The van der Waals surface area contributed by atoms with Gasteiger partial charge in [-0.3, -0.25) is 9.59 Å². The van der Waals surface area contributed by atoms with Gasteiger partial charge in [-0.25, -0.2) is 4.39 Å². The molecule has 0 spiro atoms. The fraction of sp³-hybridized carbons (Fsp3) is 0.280. The summed E-state index contributed by atoms with van der Waals surface area (Å²) in [5, 5.41) is 2.63. The molecule has 2 aromatic carbocycles. The number of hydrogen-bond donors (Lipinski definition) is 1. The number of likely N-dealkylation sites (tertiary alicyclic amines) is 1. The highest BCUT2D eigenvalue weighted by atomic mass is 32.1. The minimum absolute atomic E-state index is 0.0897. The number of benzene rings is 2. The summed E-state index contributed by atoms with van der Waals surface area (Å²) in [6, 6.07) is 16.0. The first-order valence-corrected chi connectivity index (χ1v) is 11.5. The lowest BCUT2D eigenvalue weighted by Gasteiger charge is -2.26. The zero-order valence-corrected chi connectivity index (χ0v) is 18.7. The summed E-state index contributed by atoms with van der Waals surface area (Å²) >= 11 is 1.25. The highest BCUT2D eigenvalue weighted by molar-refractivity contribution is 7.17. The minimum atomic E-state index is -0.499. The second-order valence-corrected chi connectivity index (χ2v) is 8.89. The largest absolute Gasteiger partial charge is 0.482 e. The number of nitrogens with one attached hydrogen (secondary N) is 1. The van der Waals surface area contributed by atoms with Gasteiger partial charge in [0.1, 0.15) is 16.4 Å². The molecule has 0 atom stereocenters. The topological polar surface area (TPSA) is 58.6 Å². The van der Waals surface area contributed by atoms with Gasteiger partial charge in [-0.1, -0.05) is 36.4 Å². The lowest BCUT2D eigenvalue weighted by Crippen LogP contribution is -2.38. The Morgan fingerprint density at radius 3 is 2.53 bits per heavy atom. The summed E-state index contributed by atoms with van der Waals surface area (Å²) in [6.45, 7) is 3.12. The maximum atomic E-state index is 14.3. The fourth-order valence-corrected chi connectivity index (χ4v) is 4.66. The number of carbonyl (C=O) groups is 2. The van der Waals surface area contributed by atoms with Crippen molar-refractivity contribution in [1.82, 2.24) is 4.90 Å². The van der Waals surface area contributed by atoms with Crippen molar-refractivity contribution >= 4 is 28.8 Å². The molecule has 1 aromatic heterocycles. The number of piperidine rings is 1. The molecule has 1 aliphatic heterocycles. The van der Waals surface area contributed by atoms with Crippen LogP contribution in [0, 0.1) is 12.7 Å². The van der Waals surface area contributed by atoms with Crippen molar-refractivity contribution in [3.05, 3.63) is 70.9 Å². The van der Waals surface area contributed by atoms with Gasteiger partial charge in [0.2, 0.25) is 0 Å². The second-order valence-electron chi connectivity index (χ2n) is 7.84. The Balaban J connectivity index is 1.56. The number of carbonyl (C=O) groups excluding carboxylic acids is 2. The van der Waals surface area contributed by atoms with Crippen LogP contribution in [0.2, 0.25) is 0 Å². The summed E-state index contributed by atoms with van der Waals surface area (Å²) in [6.07, 6.45) is 3.13. The number of thiophene rings is 1. The molecule has 32 heavy (non-hydrogen) atoms. The van der Waals surface area contributed by atoms with E-state index in [2.05, 4.69) is 5.32 Å². The zero-order valence-electron chi connectivity index (χ0n) is 17.9. The molecule has 7 heteroatoms. The molecular formula is C25H25FN2O3S. The SMILES string of the molecule is Cc1ccc(NC(=O)c2sc(-c3ccccc3)cc2OCC(=O)N2CCCCC2)c(F)c1. The predicted molar refractivity (Wildman–Crippen MR) is 125 cm³/mol. The number of rotatable bonds is 6. The third-order valence-corrected chi connectivity index (χ3v) is 6.56. The second kappa shape index (κ2) is 9.96. The quantitative estimate of drug-likeness (QED) is 0.537. The van der Waals surface area contributed by atoms with Crippen molar-refractivity contribution in [3.8, 4) is 16.2 Å². The predicted octanol–water partition coefficient (Wildman–Crippen LogP) is 5.51. The Hall–Kier alpha value is -3.19. The van der Waals surface area contributed by atoms with E-state index in [-0.39, 0.29) is 18.2 Å². The third-order valence-electron chi connectivity index (χ3n) is 5.40. The van der Waals surface area contributed by atoms with Crippen LogP contribution in [0.5, 0.6) is 5.75 Å².